The predicted molar refractivity (Wildman–Crippen MR) is 147 cm³/mol. The van der Waals surface area contributed by atoms with E-state index in [9.17, 15) is 18.5 Å². The van der Waals surface area contributed by atoms with E-state index in [-0.39, 0.29) is 32.1 Å². The van der Waals surface area contributed by atoms with Crippen molar-refractivity contribution in [2.24, 2.45) is 0 Å². The van der Waals surface area contributed by atoms with Crippen molar-refractivity contribution in [1.82, 2.24) is 0 Å². The molecule has 0 heterocycles. The highest BCUT2D eigenvalue weighted by Crippen LogP contribution is 2.49. The molecule has 10 heteroatoms. The molecule has 1 unspecified atom stereocenters. The van der Waals surface area contributed by atoms with E-state index < -0.39 is 20.4 Å². The van der Waals surface area contributed by atoms with Gasteiger partial charge in [0.15, 0.2) is 0 Å². The average Bonchev–Trinajstić information content (AvgIpc) is 3.15. The van der Waals surface area contributed by atoms with Gasteiger partial charge in [0.2, 0.25) is 0 Å². The molecule has 0 saturated heterocycles. The molecule has 0 radical (unpaired) electrons. The number of allylic oxidation sites excluding steroid dienone is 2. The molecule has 204 valence electrons. The Morgan fingerprint density at radius 1 is 1.03 bits per heavy atom. The number of unbranched alkanes of at least 4 members (excludes halogenated alkanes) is 1. The maximum absolute atomic E-state index is 14.1. The summed E-state index contributed by atoms with van der Waals surface area (Å²) in [5.74, 6) is -0.787. The number of fused-ring (bicyclic) bond motifs is 1. The molecular formula is C28H32FO7PS. The lowest BCUT2D eigenvalue weighted by Crippen LogP contribution is -2.08. The Kier molecular flexibility index (Phi) is 11.5. The number of hydrogen-bond acceptors (Lipinski definition) is 8. The van der Waals surface area contributed by atoms with Crippen molar-refractivity contribution in [3.05, 3.63) is 70.5 Å². The number of benzene rings is 2. The van der Waals surface area contributed by atoms with Crippen LogP contribution in [0.25, 0.3) is 17.2 Å². The van der Waals surface area contributed by atoms with Crippen LogP contribution in [0.15, 0.2) is 52.9 Å². The van der Waals surface area contributed by atoms with Crippen LogP contribution in [0.2, 0.25) is 0 Å². The molecule has 0 aliphatic heterocycles. The molecule has 7 nitrogen and oxygen atoms in total. The van der Waals surface area contributed by atoms with Crippen molar-refractivity contribution < 1.29 is 36.9 Å². The van der Waals surface area contributed by atoms with Gasteiger partial charge in [0, 0.05) is 4.90 Å². The number of thioether (sulfide) groups is 1. The molecule has 3 rings (SSSR count). The summed E-state index contributed by atoms with van der Waals surface area (Å²) >= 11 is 1.67. The number of esters is 1. The fourth-order valence-electron chi connectivity index (χ4n) is 4.00. The van der Waals surface area contributed by atoms with E-state index in [2.05, 4.69) is 0 Å². The van der Waals surface area contributed by atoms with Gasteiger partial charge in [0.05, 0.1) is 26.2 Å². The number of aldehydes is 1. The van der Waals surface area contributed by atoms with Crippen LogP contribution in [0.1, 0.15) is 49.8 Å². The molecule has 2 aromatic carbocycles. The lowest BCUT2D eigenvalue weighted by atomic mass is 10.0. The smallest absolute Gasteiger partial charge is 0.465 e. The number of hydrogen-bond donors (Lipinski definition) is 0. The van der Waals surface area contributed by atoms with E-state index in [0.29, 0.717) is 24.7 Å². The van der Waals surface area contributed by atoms with Gasteiger partial charge in [-0.3, -0.25) is 18.4 Å². The Labute approximate surface area is 227 Å². The monoisotopic (exact) mass is 562 g/mol. The maximum Gasteiger partial charge on any atom is 0.475 e. The SMILES string of the molecule is CCOP(=O)(OCC=O)OCCCCOC(=O)CC1=C(C)/C(=C/c2ccc(SC)cc2)c2ccc(F)cc21. The molecule has 38 heavy (non-hydrogen) atoms. The summed E-state index contributed by atoms with van der Waals surface area (Å²) in [6.45, 7) is 3.48. The first-order valence-electron chi connectivity index (χ1n) is 12.3. The van der Waals surface area contributed by atoms with Gasteiger partial charge in [-0.25, -0.2) is 8.96 Å². The number of ether oxygens (including phenoxy) is 1. The van der Waals surface area contributed by atoms with E-state index in [4.69, 9.17) is 18.3 Å². The molecule has 0 aromatic heterocycles. The van der Waals surface area contributed by atoms with Gasteiger partial charge in [-0.05, 0) is 96.7 Å². The first-order valence-corrected chi connectivity index (χ1v) is 15.0. The highest BCUT2D eigenvalue weighted by Gasteiger charge is 2.27. The quantitative estimate of drug-likeness (QED) is 0.0757. The molecule has 1 aliphatic carbocycles. The number of halogens is 1. The first-order chi connectivity index (χ1) is 18.3. The Morgan fingerprint density at radius 2 is 1.76 bits per heavy atom. The molecule has 1 aliphatic rings. The Bertz CT molecular complexity index is 1240. The van der Waals surface area contributed by atoms with Crippen LogP contribution in [0.5, 0.6) is 0 Å². The third-order valence-corrected chi connectivity index (χ3v) is 8.12. The molecule has 0 fully saturated rings. The first kappa shape index (κ1) is 30.0. The number of carbonyl (C=O) groups is 2. The van der Waals surface area contributed by atoms with E-state index in [1.54, 1.807) is 24.8 Å². The zero-order valence-electron chi connectivity index (χ0n) is 21.7. The van der Waals surface area contributed by atoms with Crippen LogP contribution in [-0.4, -0.2) is 44.9 Å². The summed E-state index contributed by atoms with van der Waals surface area (Å²) in [4.78, 5) is 24.3. The van der Waals surface area contributed by atoms with Crippen LogP contribution in [0.3, 0.4) is 0 Å². The zero-order chi connectivity index (χ0) is 27.5. The van der Waals surface area contributed by atoms with E-state index in [1.807, 2.05) is 43.5 Å². The van der Waals surface area contributed by atoms with Gasteiger partial charge < -0.3 is 9.53 Å². The van der Waals surface area contributed by atoms with Gasteiger partial charge in [-0.2, -0.15) is 0 Å². The summed E-state index contributed by atoms with van der Waals surface area (Å²) in [6, 6.07) is 12.8. The standard InChI is InChI=1S/C28H32FO7PS/c1-4-34-37(32,36-16-13-30)35-15-6-5-14-33-28(31)19-26-20(2)25(24-12-9-22(29)18-27(24)26)17-21-7-10-23(38-3)11-8-21/h7-13,17-18H,4-6,14-16,19H2,1-3H3/b25-17-. The minimum absolute atomic E-state index is 0.0145. The topological polar surface area (TPSA) is 88.1 Å². The lowest BCUT2D eigenvalue weighted by Gasteiger charge is -2.15. The average molecular weight is 563 g/mol. The number of rotatable bonds is 15. The van der Waals surface area contributed by atoms with Crippen molar-refractivity contribution >= 4 is 49.1 Å². The highest BCUT2D eigenvalue weighted by molar-refractivity contribution is 7.98. The third-order valence-electron chi connectivity index (χ3n) is 5.84. The van der Waals surface area contributed by atoms with Gasteiger partial charge in [-0.1, -0.05) is 18.2 Å². The van der Waals surface area contributed by atoms with Crippen molar-refractivity contribution in [2.75, 3.05) is 32.7 Å². The molecule has 0 amide bonds. The van der Waals surface area contributed by atoms with Crippen molar-refractivity contribution in [3.63, 3.8) is 0 Å². The van der Waals surface area contributed by atoms with Crippen molar-refractivity contribution in [3.8, 4) is 0 Å². The van der Waals surface area contributed by atoms with Crippen LogP contribution < -0.4 is 0 Å². The zero-order valence-corrected chi connectivity index (χ0v) is 23.4. The normalized spacial score (nSPS) is 15.4. The van der Waals surface area contributed by atoms with Gasteiger partial charge in [0.25, 0.3) is 0 Å². The summed E-state index contributed by atoms with van der Waals surface area (Å²) in [7, 11) is -3.78. The second-order valence-corrected chi connectivity index (χ2v) is 10.9. The molecule has 0 bridgehead atoms. The number of phosphoric acid groups is 1. The van der Waals surface area contributed by atoms with Crippen molar-refractivity contribution in [2.45, 2.75) is 38.0 Å². The van der Waals surface area contributed by atoms with Gasteiger partial charge in [-0.15, -0.1) is 11.8 Å². The molecule has 1 atom stereocenters. The molecule has 0 saturated carbocycles. The molecular weight excluding hydrogens is 530 g/mol. The fourth-order valence-corrected chi connectivity index (χ4v) is 5.55. The lowest BCUT2D eigenvalue weighted by molar-refractivity contribution is -0.142. The second-order valence-electron chi connectivity index (χ2n) is 8.39. The van der Waals surface area contributed by atoms with Gasteiger partial charge in [0.1, 0.15) is 18.7 Å². The maximum atomic E-state index is 14.1. The van der Waals surface area contributed by atoms with E-state index >= 15 is 0 Å². The Morgan fingerprint density at radius 3 is 2.45 bits per heavy atom. The van der Waals surface area contributed by atoms with Crippen LogP contribution in [0, 0.1) is 5.82 Å². The van der Waals surface area contributed by atoms with E-state index in [0.717, 1.165) is 32.7 Å². The predicted octanol–water partition coefficient (Wildman–Crippen LogP) is 6.97. The second kappa shape index (κ2) is 14.6. The van der Waals surface area contributed by atoms with E-state index in [1.165, 1.54) is 12.1 Å². The summed E-state index contributed by atoms with van der Waals surface area (Å²) < 4.78 is 46.8. The van der Waals surface area contributed by atoms with Crippen molar-refractivity contribution in [1.29, 1.82) is 0 Å². The minimum atomic E-state index is -3.78. The highest BCUT2D eigenvalue weighted by atomic mass is 32.2. The van der Waals surface area contributed by atoms with Gasteiger partial charge >= 0.3 is 13.8 Å². The van der Waals surface area contributed by atoms with Crippen LogP contribution in [-0.2, 0) is 32.5 Å². The van der Waals surface area contributed by atoms with Crippen LogP contribution >= 0.6 is 19.6 Å². The largest absolute Gasteiger partial charge is 0.475 e. The summed E-state index contributed by atoms with van der Waals surface area (Å²) in [6.07, 6.45) is 5.45. The summed E-state index contributed by atoms with van der Waals surface area (Å²) in [5.41, 5.74) is 5.20. The number of phosphoric ester groups is 1. The number of carbonyl (C=O) groups excluding carboxylic acids is 2. The van der Waals surface area contributed by atoms with Crippen LogP contribution in [0.4, 0.5) is 4.39 Å². The Balaban J connectivity index is 1.59. The Hall–Kier alpha value is -2.55. The fraction of sp³-hybridized carbons (Fsp3) is 0.357. The molecule has 0 N–H and O–H groups in total. The minimum Gasteiger partial charge on any atom is -0.465 e. The summed E-state index contributed by atoms with van der Waals surface area (Å²) in [5, 5.41) is 0. The molecule has 2 aromatic rings. The third kappa shape index (κ3) is 8.22. The molecule has 0 spiro atoms.